The molecule has 0 atom stereocenters. The summed E-state index contributed by atoms with van der Waals surface area (Å²) in [5.74, 6) is 0.115. The van der Waals surface area contributed by atoms with Crippen LogP contribution in [-0.4, -0.2) is 46.5 Å². The van der Waals surface area contributed by atoms with Crippen molar-refractivity contribution in [3.05, 3.63) is 53.6 Å². The molecule has 0 fully saturated rings. The van der Waals surface area contributed by atoms with Gasteiger partial charge in [0.25, 0.3) is 10.0 Å². The van der Waals surface area contributed by atoms with Crippen LogP contribution in [0.2, 0.25) is 0 Å². The van der Waals surface area contributed by atoms with E-state index in [1.807, 2.05) is 26.8 Å². The SMILES string of the molecule is COc1ccc(N(CCC(=O)NCCC(=O)NC(C)C)S(=O)(=O)c2ccc(C)cc2C)cc1. The van der Waals surface area contributed by atoms with Crippen LogP contribution >= 0.6 is 0 Å². The molecule has 0 aliphatic rings. The summed E-state index contributed by atoms with van der Waals surface area (Å²) < 4.78 is 33.5. The van der Waals surface area contributed by atoms with Crippen molar-refractivity contribution in [3.8, 4) is 5.75 Å². The molecule has 0 aliphatic heterocycles. The standard InChI is InChI=1S/C24H33N3O5S/c1-17(2)26-24(29)12-14-25-23(28)13-15-27(20-7-9-21(32-5)10-8-20)33(30,31)22-11-6-18(3)16-19(22)4/h6-11,16-17H,12-15H2,1-5H3,(H,25,28)(H,26,29). The van der Waals surface area contributed by atoms with Gasteiger partial charge in [-0.1, -0.05) is 17.7 Å². The topological polar surface area (TPSA) is 105 Å². The number of sulfonamides is 1. The maximum absolute atomic E-state index is 13.5. The van der Waals surface area contributed by atoms with Gasteiger partial charge in [-0.2, -0.15) is 0 Å². The van der Waals surface area contributed by atoms with E-state index in [1.54, 1.807) is 43.3 Å². The van der Waals surface area contributed by atoms with Crippen LogP contribution in [0.25, 0.3) is 0 Å². The first-order valence-electron chi connectivity index (χ1n) is 10.8. The maximum Gasteiger partial charge on any atom is 0.264 e. The number of carbonyl (C=O) groups is 2. The van der Waals surface area contributed by atoms with Gasteiger partial charge in [-0.15, -0.1) is 0 Å². The second-order valence-corrected chi connectivity index (χ2v) is 9.95. The summed E-state index contributed by atoms with van der Waals surface area (Å²) in [7, 11) is -2.38. The van der Waals surface area contributed by atoms with Gasteiger partial charge in [-0.05, 0) is 63.6 Å². The Bertz CT molecular complexity index is 1070. The lowest BCUT2D eigenvalue weighted by molar-refractivity contribution is -0.122. The summed E-state index contributed by atoms with van der Waals surface area (Å²) in [6.45, 7) is 7.51. The Balaban J connectivity index is 2.18. The Morgan fingerprint density at radius 2 is 1.67 bits per heavy atom. The first-order chi connectivity index (χ1) is 15.5. The van der Waals surface area contributed by atoms with E-state index in [2.05, 4.69) is 10.6 Å². The van der Waals surface area contributed by atoms with Crippen molar-refractivity contribution in [3.63, 3.8) is 0 Å². The molecule has 33 heavy (non-hydrogen) atoms. The zero-order valence-electron chi connectivity index (χ0n) is 19.8. The summed E-state index contributed by atoms with van der Waals surface area (Å²) in [4.78, 5) is 24.3. The van der Waals surface area contributed by atoms with Crippen molar-refractivity contribution in [2.45, 2.75) is 51.5 Å². The van der Waals surface area contributed by atoms with Gasteiger partial charge in [0.05, 0.1) is 17.7 Å². The quantitative estimate of drug-likeness (QED) is 0.520. The molecule has 0 aromatic heterocycles. The number of ether oxygens (including phenoxy) is 1. The number of hydrogen-bond acceptors (Lipinski definition) is 5. The van der Waals surface area contributed by atoms with Crippen molar-refractivity contribution in [1.29, 1.82) is 0 Å². The fourth-order valence-electron chi connectivity index (χ4n) is 3.35. The Morgan fingerprint density at radius 3 is 2.24 bits per heavy atom. The number of amides is 2. The Labute approximate surface area is 196 Å². The van der Waals surface area contributed by atoms with Crippen molar-refractivity contribution in [2.24, 2.45) is 0 Å². The lowest BCUT2D eigenvalue weighted by Gasteiger charge is -2.25. The Kier molecular flexibility index (Phi) is 9.28. The van der Waals surface area contributed by atoms with Crippen LogP contribution in [0.15, 0.2) is 47.4 Å². The van der Waals surface area contributed by atoms with Crippen LogP contribution in [0.5, 0.6) is 5.75 Å². The Morgan fingerprint density at radius 1 is 1.00 bits per heavy atom. The zero-order valence-corrected chi connectivity index (χ0v) is 20.7. The van der Waals surface area contributed by atoms with Gasteiger partial charge >= 0.3 is 0 Å². The maximum atomic E-state index is 13.5. The number of rotatable bonds is 11. The van der Waals surface area contributed by atoms with Gasteiger partial charge < -0.3 is 15.4 Å². The molecule has 8 nitrogen and oxygen atoms in total. The smallest absolute Gasteiger partial charge is 0.264 e. The van der Waals surface area contributed by atoms with Crippen molar-refractivity contribution in [2.75, 3.05) is 24.5 Å². The first kappa shape index (κ1) is 26.2. The Hall–Kier alpha value is -3.07. The molecule has 0 unspecified atom stereocenters. The molecule has 0 bridgehead atoms. The molecular formula is C24H33N3O5S. The van der Waals surface area contributed by atoms with Crippen molar-refractivity contribution >= 4 is 27.5 Å². The number of nitrogens with zero attached hydrogens (tertiary/aromatic N) is 1. The molecule has 2 amide bonds. The number of carbonyl (C=O) groups excluding carboxylic acids is 2. The minimum absolute atomic E-state index is 0.0293. The highest BCUT2D eigenvalue weighted by atomic mass is 32.2. The highest BCUT2D eigenvalue weighted by molar-refractivity contribution is 7.92. The summed E-state index contributed by atoms with van der Waals surface area (Å²) in [5.41, 5.74) is 2.03. The van der Waals surface area contributed by atoms with E-state index in [1.165, 1.54) is 11.4 Å². The molecule has 0 radical (unpaired) electrons. The summed E-state index contributed by atoms with van der Waals surface area (Å²) in [6.07, 6.45) is 0.106. The fourth-order valence-corrected chi connectivity index (χ4v) is 5.02. The molecule has 180 valence electrons. The molecule has 9 heteroatoms. The molecule has 2 aromatic rings. The highest BCUT2D eigenvalue weighted by Gasteiger charge is 2.27. The van der Waals surface area contributed by atoms with Crippen LogP contribution in [-0.2, 0) is 19.6 Å². The molecule has 2 N–H and O–H groups in total. The summed E-state index contributed by atoms with van der Waals surface area (Å²) in [5, 5.41) is 5.44. The first-order valence-corrected chi connectivity index (χ1v) is 12.3. The van der Waals surface area contributed by atoms with Gasteiger partial charge in [-0.25, -0.2) is 8.42 Å². The van der Waals surface area contributed by atoms with Gasteiger partial charge in [-0.3, -0.25) is 13.9 Å². The van der Waals surface area contributed by atoms with Crippen LogP contribution in [0.4, 0.5) is 5.69 Å². The van der Waals surface area contributed by atoms with Crippen molar-refractivity contribution in [1.82, 2.24) is 10.6 Å². The molecular weight excluding hydrogens is 442 g/mol. The second-order valence-electron chi connectivity index (χ2n) is 8.12. The van der Waals surface area contributed by atoms with Crippen LogP contribution < -0.4 is 19.7 Å². The molecule has 0 heterocycles. The number of hydrogen-bond donors (Lipinski definition) is 2. The van der Waals surface area contributed by atoms with E-state index in [0.717, 1.165) is 5.56 Å². The monoisotopic (exact) mass is 475 g/mol. The largest absolute Gasteiger partial charge is 0.497 e. The third-order valence-electron chi connectivity index (χ3n) is 4.92. The van der Waals surface area contributed by atoms with Gasteiger partial charge in [0.1, 0.15) is 5.75 Å². The number of aryl methyl sites for hydroxylation is 2. The average molecular weight is 476 g/mol. The van der Waals surface area contributed by atoms with Gasteiger partial charge in [0.15, 0.2) is 0 Å². The van der Waals surface area contributed by atoms with Gasteiger partial charge in [0, 0.05) is 32.0 Å². The number of benzene rings is 2. The predicted molar refractivity (Wildman–Crippen MR) is 129 cm³/mol. The van der Waals surface area contributed by atoms with E-state index in [4.69, 9.17) is 4.74 Å². The van der Waals surface area contributed by atoms with Crippen LogP contribution in [0.3, 0.4) is 0 Å². The third kappa shape index (κ3) is 7.49. The molecule has 2 rings (SSSR count). The van der Waals surface area contributed by atoms with Gasteiger partial charge in [0.2, 0.25) is 11.8 Å². The number of nitrogens with one attached hydrogen (secondary N) is 2. The van der Waals surface area contributed by atoms with E-state index in [9.17, 15) is 18.0 Å². The van der Waals surface area contributed by atoms with Crippen molar-refractivity contribution < 1.29 is 22.7 Å². The normalized spacial score (nSPS) is 11.2. The average Bonchev–Trinajstić information content (AvgIpc) is 2.73. The summed E-state index contributed by atoms with van der Waals surface area (Å²) >= 11 is 0. The van der Waals surface area contributed by atoms with Crippen LogP contribution in [0.1, 0.15) is 37.8 Å². The molecule has 0 spiro atoms. The van der Waals surface area contributed by atoms with E-state index < -0.39 is 10.0 Å². The molecule has 2 aromatic carbocycles. The predicted octanol–water partition coefficient (Wildman–Crippen LogP) is 2.93. The van der Waals surface area contributed by atoms with Crippen LogP contribution in [0, 0.1) is 13.8 Å². The minimum atomic E-state index is -3.92. The highest BCUT2D eigenvalue weighted by Crippen LogP contribution is 2.28. The lowest BCUT2D eigenvalue weighted by atomic mass is 10.2. The third-order valence-corrected chi connectivity index (χ3v) is 6.91. The lowest BCUT2D eigenvalue weighted by Crippen LogP contribution is -2.37. The number of anilines is 1. The zero-order chi connectivity index (χ0) is 24.6. The van der Waals surface area contributed by atoms with E-state index >= 15 is 0 Å². The van der Waals surface area contributed by atoms with E-state index in [-0.39, 0.29) is 48.7 Å². The minimum Gasteiger partial charge on any atom is -0.497 e. The molecule has 0 aliphatic carbocycles. The molecule has 0 saturated heterocycles. The summed E-state index contributed by atoms with van der Waals surface area (Å²) in [6, 6.07) is 11.8. The van der Waals surface area contributed by atoms with E-state index in [0.29, 0.717) is 17.0 Å². The second kappa shape index (κ2) is 11.7. The number of methoxy groups -OCH3 is 1. The molecule has 0 saturated carbocycles. The fraction of sp³-hybridized carbons (Fsp3) is 0.417.